The first kappa shape index (κ1) is 16.1. The Morgan fingerprint density at radius 1 is 1.38 bits per heavy atom. The maximum atomic E-state index is 12.1. The molecule has 2 heterocycles. The van der Waals surface area contributed by atoms with Crippen molar-refractivity contribution in [1.82, 2.24) is 20.5 Å². The fourth-order valence-corrected chi connectivity index (χ4v) is 2.91. The number of amides is 2. The molecule has 0 saturated heterocycles. The van der Waals surface area contributed by atoms with Gasteiger partial charge in [-0.2, -0.15) is 0 Å². The molecule has 124 valence electrons. The quantitative estimate of drug-likeness (QED) is 0.741. The molecular formula is C16H17N5O2S. The minimum Gasteiger partial charge on any atom is -0.423 e. The van der Waals surface area contributed by atoms with E-state index in [1.807, 2.05) is 25.3 Å². The van der Waals surface area contributed by atoms with Gasteiger partial charge in [0.2, 0.25) is 12.3 Å². The number of urea groups is 1. The molecule has 2 amide bonds. The van der Waals surface area contributed by atoms with Crippen LogP contribution >= 0.6 is 11.3 Å². The van der Waals surface area contributed by atoms with E-state index in [2.05, 4.69) is 32.7 Å². The molecule has 0 fully saturated rings. The number of rotatable bonds is 5. The van der Waals surface area contributed by atoms with E-state index in [0.29, 0.717) is 18.1 Å². The number of nitrogens with one attached hydrogen (secondary N) is 2. The normalized spacial score (nSPS) is 10.6. The Balaban J connectivity index is 1.64. The smallest absolute Gasteiger partial charge is 0.319 e. The van der Waals surface area contributed by atoms with Crippen LogP contribution in [0.4, 0.5) is 10.5 Å². The number of benzene rings is 1. The molecule has 0 aliphatic heterocycles. The number of aryl methyl sites for hydroxylation is 2. The van der Waals surface area contributed by atoms with Crippen molar-refractivity contribution >= 4 is 23.1 Å². The molecule has 0 aliphatic rings. The lowest BCUT2D eigenvalue weighted by Gasteiger charge is -2.10. The summed E-state index contributed by atoms with van der Waals surface area (Å²) in [5.41, 5.74) is 2.38. The monoisotopic (exact) mass is 343 g/mol. The Morgan fingerprint density at radius 2 is 2.25 bits per heavy atom. The van der Waals surface area contributed by atoms with Gasteiger partial charge >= 0.3 is 6.03 Å². The summed E-state index contributed by atoms with van der Waals surface area (Å²) >= 11 is 1.60. The van der Waals surface area contributed by atoms with Gasteiger partial charge in [-0.3, -0.25) is 0 Å². The molecule has 1 aromatic carbocycles. The number of hydrogen-bond acceptors (Lipinski definition) is 6. The highest BCUT2D eigenvalue weighted by atomic mass is 32.1. The van der Waals surface area contributed by atoms with Crippen LogP contribution in [0.25, 0.3) is 11.5 Å². The zero-order chi connectivity index (χ0) is 16.9. The topological polar surface area (TPSA) is 92.9 Å². The van der Waals surface area contributed by atoms with Crippen molar-refractivity contribution in [3.05, 3.63) is 46.2 Å². The van der Waals surface area contributed by atoms with Gasteiger partial charge in [0, 0.05) is 22.3 Å². The Hall–Kier alpha value is -2.74. The van der Waals surface area contributed by atoms with Crippen molar-refractivity contribution in [3.63, 3.8) is 0 Å². The highest BCUT2D eigenvalue weighted by molar-refractivity contribution is 7.11. The average Bonchev–Trinajstić information content (AvgIpc) is 3.26. The lowest BCUT2D eigenvalue weighted by atomic mass is 10.1. The molecule has 0 aliphatic carbocycles. The molecular weight excluding hydrogens is 326 g/mol. The summed E-state index contributed by atoms with van der Waals surface area (Å²) in [5.74, 6) is 0.410. The summed E-state index contributed by atoms with van der Waals surface area (Å²) < 4.78 is 5.18. The lowest BCUT2D eigenvalue weighted by molar-refractivity contribution is 0.251. The number of aromatic nitrogens is 3. The van der Waals surface area contributed by atoms with Gasteiger partial charge in [0.05, 0.1) is 6.54 Å². The molecule has 2 aromatic heterocycles. The second-order valence-electron chi connectivity index (χ2n) is 5.16. The second-order valence-corrected chi connectivity index (χ2v) is 6.35. The molecule has 8 heteroatoms. The van der Waals surface area contributed by atoms with Gasteiger partial charge in [-0.15, -0.1) is 21.5 Å². The fourth-order valence-electron chi connectivity index (χ4n) is 2.10. The van der Waals surface area contributed by atoms with Crippen LogP contribution in [0.3, 0.4) is 0 Å². The first-order valence-corrected chi connectivity index (χ1v) is 8.33. The predicted octanol–water partition coefficient (Wildman–Crippen LogP) is 3.39. The van der Waals surface area contributed by atoms with Gasteiger partial charge in [-0.1, -0.05) is 13.0 Å². The highest BCUT2D eigenvalue weighted by Crippen LogP contribution is 2.23. The summed E-state index contributed by atoms with van der Waals surface area (Å²) in [5, 5.41) is 14.1. The SMILES string of the molecule is CCc1cnc(CNC(=O)Nc2cc(-c3nnco3)ccc2C)s1. The van der Waals surface area contributed by atoms with Crippen LogP contribution in [0.1, 0.15) is 22.4 Å². The van der Waals surface area contributed by atoms with Crippen LogP contribution in [-0.4, -0.2) is 21.2 Å². The number of carbonyl (C=O) groups excluding carboxylic acids is 1. The Bertz CT molecular complexity index is 829. The standard InChI is InChI=1S/C16H17N5O2S/c1-3-12-7-17-14(24-12)8-18-16(22)20-13-6-11(5-4-10(13)2)15-21-19-9-23-15/h4-7,9H,3,8H2,1-2H3,(H2,18,20,22). The maximum Gasteiger partial charge on any atom is 0.319 e. The molecule has 3 rings (SSSR count). The van der Waals surface area contributed by atoms with Gasteiger partial charge in [-0.25, -0.2) is 9.78 Å². The lowest BCUT2D eigenvalue weighted by Crippen LogP contribution is -2.28. The first-order chi connectivity index (χ1) is 11.7. The third-order valence-electron chi connectivity index (χ3n) is 3.44. The van der Waals surface area contributed by atoms with Crippen LogP contribution in [0.5, 0.6) is 0 Å². The second kappa shape index (κ2) is 7.22. The van der Waals surface area contributed by atoms with Crippen molar-refractivity contribution in [2.75, 3.05) is 5.32 Å². The molecule has 0 bridgehead atoms. The zero-order valence-electron chi connectivity index (χ0n) is 13.4. The average molecular weight is 343 g/mol. The zero-order valence-corrected chi connectivity index (χ0v) is 14.2. The summed E-state index contributed by atoms with van der Waals surface area (Å²) in [6.45, 7) is 4.40. The Morgan fingerprint density at radius 3 is 2.96 bits per heavy atom. The molecule has 7 nitrogen and oxygen atoms in total. The van der Waals surface area contributed by atoms with Gasteiger partial charge < -0.3 is 15.1 Å². The molecule has 24 heavy (non-hydrogen) atoms. The van der Waals surface area contributed by atoms with E-state index in [1.54, 1.807) is 17.4 Å². The van der Waals surface area contributed by atoms with Gasteiger partial charge in [0.1, 0.15) is 5.01 Å². The molecule has 3 aromatic rings. The van der Waals surface area contributed by atoms with E-state index in [4.69, 9.17) is 4.42 Å². The van der Waals surface area contributed by atoms with E-state index < -0.39 is 0 Å². The molecule has 0 atom stereocenters. The summed E-state index contributed by atoms with van der Waals surface area (Å²) in [7, 11) is 0. The van der Waals surface area contributed by atoms with Crippen LogP contribution in [-0.2, 0) is 13.0 Å². The fraction of sp³-hybridized carbons (Fsp3) is 0.250. The Labute approximate surface area is 143 Å². The van der Waals surface area contributed by atoms with Crippen molar-refractivity contribution in [2.45, 2.75) is 26.8 Å². The van der Waals surface area contributed by atoms with Crippen molar-refractivity contribution in [1.29, 1.82) is 0 Å². The van der Waals surface area contributed by atoms with E-state index in [9.17, 15) is 4.79 Å². The highest BCUT2D eigenvalue weighted by Gasteiger charge is 2.10. The predicted molar refractivity (Wildman–Crippen MR) is 91.8 cm³/mol. The largest absolute Gasteiger partial charge is 0.423 e. The summed E-state index contributed by atoms with van der Waals surface area (Å²) in [6, 6.07) is 5.28. The van der Waals surface area contributed by atoms with Crippen LogP contribution in [0.2, 0.25) is 0 Å². The van der Waals surface area contributed by atoms with Crippen molar-refractivity contribution in [2.24, 2.45) is 0 Å². The van der Waals surface area contributed by atoms with E-state index in [-0.39, 0.29) is 6.03 Å². The van der Waals surface area contributed by atoms with Crippen molar-refractivity contribution < 1.29 is 9.21 Å². The molecule has 0 radical (unpaired) electrons. The van der Waals surface area contributed by atoms with E-state index >= 15 is 0 Å². The van der Waals surface area contributed by atoms with Crippen LogP contribution in [0.15, 0.2) is 35.2 Å². The number of nitrogens with zero attached hydrogens (tertiary/aromatic N) is 3. The van der Waals surface area contributed by atoms with E-state index in [1.165, 1.54) is 11.3 Å². The third-order valence-corrected chi connectivity index (χ3v) is 4.58. The van der Waals surface area contributed by atoms with Gasteiger partial charge in [0.15, 0.2) is 0 Å². The van der Waals surface area contributed by atoms with Crippen LogP contribution < -0.4 is 10.6 Å². The van der Waals surface area contributed by atoms with Crippen LogP contribution in [0, 0.1) is 6.92 Å². The van der Waals surface area contributed by atoms with E-state index in [0.717, 1.165) is 22.6 Å². The van der Waals surface area contributed by atoms with Gasteiger partial charge in [-0.05, 0) is 31.0 Å². The number of hydrogen-bond donors (Lipinski definition) is 2. The number of anilines is 1. The number of carbonyl (C=O) groups is 1. The summed E-state index contributed by atoms with van der Waals surface area (Å²) in [6.07, 6.45) is 4.07. The maximum absolute atomic E-state index is 12.1. The molecule has 0 unspecified atom stereocenters. The number of thiazole rings is 1. The molecule has 2 N–H and O–H groups in total. The first-order valence-electron chi connectivity index (χ1n) is 7.51. The van der Waals surface area contributed by atoms with Crippen molar-refractivity contribution in [3.8, 4) is 11.5 Å². The molecule has 0 spiro atoms. The van der Waals surface area contributed by atoms with Gasteiger partial charge in [0.25, 0.3) is 0 Å². The minimum atomic E-state index is -0.283. The minimum absolute atomic E-state index is 0.283. The Kier molecular flexibility index (Phi) is 4.85. The third kappa shape index (κ3) is 3.77. The molecule has 0 saturated carbocycles. The summed E-state index contributed by atoms with van der Waals surface area (Å²) in [4.78, 5) is 17.6.